The Morgan fingerprint density at radius 2 is 1.95 bits per heavy atom. The van der Waals surface area contributed by atoms with Crippen molar-refractivity contribution in [3.05, 3.63) is 64.0 Å². The van der Waals surface area contributed by atoms with Crippen LogP contribution in [0.15, 0.2) is 53.1 Å². The van der Waals surface area contributed by atoms with E-state index in [1.165, 1.54) is 10.7 Å². The van der Waals surface area contributed by atoms with Gasteiger partial charge in [-0.05, 0) is 24.3 Å². The largest absolute Gasteiger partial charge is 0.396 e. The molecule has 1 aromatic heterocycles. The standard InChI is InChI=1S/C15H10BrClFN3/c16-9-5-6-10(11(17)7-9)15-13(19)8-21(20-15)14-4-2-1-3-12(14)18/h1-8H,19H2. The van der Waals surface area contributed by atoms with Gasteiger partial charge in [-0.1, -0.05) is 45.7 Å². The Morgan fingerprint density at radius 1 is 1.19 bits per heavy atom. The van der Waals surface area contributed by atoms with Crippen LogP contribution in [-0.4, -0.2) is 9.78 Å². The highest BCUT2D eigenvalue weighted by Gasteiger charge is 2.14. The minimum Gasteiger partial charge on any atom is -0.396 e. The monoisotopic (exact) mass is 365 g/mol. The Bertz CT molecular complexity index is 816. The van der Waals surface area contributed by atoms with E-state index in [1.54, 1.807) is 30.5 Å². The number of nitrogens with zero attached hydrogens (tertiary/aromatic N) is 2. The molecular weight excluding hydrogens is 357 g/mol. The maximum absolute atomic E-state index is 13.8. The summed E-state index contributed by atoms with van der Waals surface area (Å²) in [4.78, 5) is 0. The van der Waals surface area contributed by atoms with Crippen molar-refractivity contribution < 1.29 is 4.39 Å². The number of halogens is 3. The zero-order valence-electron chi connectivity index (χ0n) is 10.7. The van der Waals surface area contributed by atoms with Gasteiger partial charge in [0.2, 0.25) is 0 Å². The number of rotatable bonds is 2. The van der Waals surface area contributed by atoms with Crippen LogP contribution >= 0.6 is 27.5 Å². The van der Waals surface area contributed by atoms with E-state index >= 15 is 0 Å². The highest BCUT2D eigenvalue weighted by Crippen LogP contribution is 2.33. The van der Waals surface area contributed by atoms with Crippen molar-refractivity contribution in [1.29, 1.82) is 0 Å². The highest BCUT2D eigenvalue weighted by molar-refractivity contribution is 9.10. The average Bonchev–Trinajstić information content (AvgIpc) is 2.81. The fourth-order valence-electron chi connectivity index (χ4n) is 2.04. The number of hydrogen-bond donors (Lipinski definition) is 1. The van der Waals surface area contributed by atoms with Gasteiger partial charge in [0.15, 0.2) is 0 Å². The van der Waals surface area contributed by atoms with Gasteiger partial charge in [0.25, 0.3) is 0 Å². The zero-order chi connectivity index (χ0) is 15.0. The molecule has 0 radical (unpaired) electrons. The summed E-state index contributed by atoms with van der Waals surface area (Å²) in [6.07, 6.45) is 1.58. The predicted octanol–water partition coefficient (Wildman–Crippen LogP) is 4.68. The van der Waals surface area contributed by atoms with Gasteiger partial charge >= 0.3 is 0 Å². The maximum atomic E-state index is 13.8. The molecule has 0 saturated carbocycles. The summed E-state index contributed by atoms with van der Waals surface area (Å²) in [5, 5.41) is 4.88. The lowest BCUT2D eigenvalue weighted by Gasteiger charge is -2.03. The zero-order valence-corrected chi connectivity index (χ0v) is 13.1. The normalized spacial score (nSPS) is 10.8. The Kier molecular flexibility index (Phi) is 3.69. The summed E-state index contributed by atoms with van der Waals surface area (Å²) in [6.45, 7) is 0. The number of para-hydroxylation sites is 1. The SMILES string of the molecule is Nc1cn(-c2ccccc2F)nc1-c1ccc(Br)cc1Cl. The quantitative estimate of drug-likeness (QED) is 0.716. The third-order valence-electron chi connectivity index (χ3n) is 3.03. The third kappa shape index (κ3) is 2.66. The van der Waals surface area contributed by atoms with E-state index < -0.39 is 0 Å². The first-order chi connectivity index (χ1) is 10.1. The minimum atomic E-state index is -0.367. The Balaban J connectivity index is 2.12. The fraction of sp³-hybridized carbons (Fsp3) is 0. The minimum absolute atomic E-state index is 0.337. The van der Waals surface area contributed by atoms with E-state index in [2.05, 4.69) is 21.0 Å². The molecule has 0 spiro atoms. The van der Waals surface area contributed by atoms with Crippen molar-refractivity contribution >= 4 is 33.2 Å². The molecule has 2 N–H and O–H groups in total. The Hall–Kier alpha value is -1.85. The van der Waals surface area contributed by atoms with Gasteiger partial charge < -0.3 is 5.73 Å². The molecule has 0 bridgehead atoms. The smallest absolute Gasteiger partial charge is 0.148 e. The molecule has 2 aromatic carbocycles. The lowest BCUT2D eigenvalue weighted by molar-refractivity contribution is 0.611. The first kappa shape index (κ1) is 14.1. The second kappa shape index (κ2) is 5.50. The van der Waals surface area contributed by atoms with Crippen LogP contribution in [0.5, 0.6) is 0 Å². The van der Waals surface area contributed by atoms with Gasteiger partial charge in [-0.25, -0.2) is 9.07 Å². The van der Waals surface area contributed by atoms with Crippen LogP contribution in [0.2, 0.25) is 5.02 Å². The number of nitrogens with two attached hydrogens (primary N) is 1. The van der Waals surface area contributed by atoms with Gasteiger partial charge in [-0.2, -0.15) is 5.10 Å². The molecule has 3 aromatic rings. The van der Waals surface area contributed by atoms with E-state index in [0.717, 1.165) is 4.47 Å². The molecule has 0 aliphatic carbocycles. The van der Waals surface area contributed by atoms with Crippen LogP contribution in [0.1, 0.15) is 0 Å². The molecule has 0 aliphatic heterocycles. The molecule has 0 atom stereocenters. The van der Waals surface area contributed by atoms with Crippen LogP contribution in [0.25, 0.3) is 16.9 Å². The lowest BCUT2D eigenvalue weighted by atomic mass is 10.1. The average molecular weight is 367 g/mol. The van der Waals surface area contributed by atoms with Gasteiger partial charge in [-0.15, -0.1) is 0 Å². The van der Waals surface area contributed by atoms with Crippen LogP contribution in [0, 0.1) is 5.82 Å². The number of nitrogen functional groups attached to an aromatic ring is 1. The Morgan fingerprint density at radius 3 is 2.67 bits per heavy atom. The van der Waals surface area contributed by atoms with E-state index in [1.807, 2.05) is 12.1 Å². The first-order valence-electron chi connectivity index (χ1n) is 6.12. The lowest BCUT2D eigenvalue weighted by Crippen LogP contribution is -1.98. The van der Waals surface area contributed by atoms with E-state index in [-0.39, 0.29) is 5.82 Å². The number of anilines is 1. The second-order valence-corrected chi connectivity index (χ2v) is 5.78. The summed E-state index contributed by atoms with van der Waals surface area (Å²) in [6, 6.07) is 11.8. The van der Waals surface area contributed by atoms with Crippen LogP contribution in [-0.2, 0) is 0 Å². The van der Waals surface area contributed by atoms with Gasteiger partial charge in [0, 0.05) is 10.0 Å². The molecule has 106 valence electrons. The van der Waals surface area contributed by atoms with E-state index in [0.29, 0.717) is 27.7 Å². The van der Waals surface area contributed by atoms with Crippen molar-refractivity contribution in [2.24, 2.45) is 0 Å². The van der Waals surface area contributed by atoms with Gasteiger partial charge in [0.1, 0.15) is 17.2 Å². The molecule has 0 unspecified atom stereocenters. The van der Waals surface area contributed by atoms with Gasteiger partial charge in [-0.3, -0.25) is 0 Å². The van der Waals surface area contributed by atoms with Crippen LogP contribution < -0.4 is 5.73 Å². The fourth-order valence-corrected chi connectivity index (χ4v) is 2.80. The number of hydrogen-bond acceptors (Lipinski definition) is 2. The highest BCUT2D eigenvalue weighted by atomic mass is 79.9. The summed E-state index contributed by atoms with van der Waals surface area (Å²) in [5.74, 6) is -0.367. The third-order valence-corrected chi connectivity index (χ3v) is 3.83. The van der Waals surface area contributed by atoms with Gasteiger partial charge in [0.05, 0.1) is 16.9 Å². The summed E-state index contributed by atoms with van der Waals surface area (Å²) >= 11 is 9.56. The van der Waals surface area contributed by atoms with Crippen molar-refractivity contribution in [2.75, 3.05) is 5.73 Å². The predicted molar refractivity (Wildman–Crippen MR) is 86.1 cm³/mol. The molecule has 0 saturated heterocycles. The van der Waals surface area contributed by atoms with Crippen molar-refractivity contribution in [3.63, 3.8) is 0 Å². The van der Waals surface area contributed by atoms with Crippen molar-refractivity contribution in [2.45, 2.75) is 0 Å². The maximum Gasteiger partial charge on any atom is 0.148 e. The molecular formula is C15H10BrClFN3. The summed E-state index contributed by atoms with van der Waals surface area (Å²) < 4.78 is 16.1. The molecule has 21 heavy (non-hydrogen) atoms. The Labute approximate surface area is 134 Å². The van der Waals surface area contributed by atoms with Crippen molar-refractivity contribution in [3.8, 4) is 16.9 Å². The van der Waals surface area contributed by atoms with Crippen molar-refractivity contribution in [1.82, 2.24) is 9.78 Å². The number of benzene rings is 2. The molecule has 3 nitrogen and oxygen atoms in total. The van der Waals surface area contributed by atoms with Crippen LogP contribution in [0.3, 0.4) is 0 Å². The molecule has 3 rings (SSSR count). The summed E-state index contributed by atoms with van der Waals surface area (Å²) in [5.41, 5.74) is 7.99. The topological polar surface area (TPSA) is 43.8 Å². The molecule has 1 heterocycles. The van der Waals surface area contributed by atoms with Crippen LogP contribution in [0.4, 0.5) is 10.1 Å². The van der Waals surface area contributed by atoms with E-state index in [9.17, 15) is 4.39 Å². The van der Waals surface area contributed by atoms with E-state index in [4.69, 9.17) is 17.3 Å². The molecule has 6 heteroatoms. The first-order valence-corrected chi connectivity index (χ1v) is 7.29. The number of aromatic nitrogens is 2. The summed E-state index contributed by atoms with van der Waals surface area (Å²) in [7, 11) is 0. The second-order valence-electron chi connectivity index (χ2n) is 4.45. The molecule has 0 aliphatic rings. The molecule has 0 fully saturated rings. The molecule has 0 amide bonds.